The number of hydrogen-bond acceptors (Lipinski definition) is 3. The molecule has 0 aliphatic rings. The fourth-order valence-corrected chi connectivity index (χ4v) is 3.12. The van der Waals surface area contributed by atoms with E-state index in [-0.39, 0.29) is 11.1 Å². The van der Waals surface area contributed by atoms with E-state index >= 15 is 0 Å². The minimum Gasteiger partial charge on any atom is -0.481 e. The molecule has 4 nitrogen and oxygen atoms in total. The average Bonchev–Trinajstić information content (AvgIpc) is 2.62. The second-order valence-electron chi connectivity index (χ2n) is 8.17. The van der Waals surface area contributed by atoms with Gasteiger partial charge in [0.05, 0.1) is 12.0 Å². The van der Waals surface area contributed by atoms with E-state index in [2.05, 4.69) is 4.74 Å². The quantitative estimate of drug-likeness (QED) is 0.459. The van der Waals surface area contributed by atoms with Gasteiger partial charge in [-0.05, 0) is 61.2 Å². The molecule has 0 radical (unpaired) electrons. The van der Waals surface area contributed by atoms with Gasteiger partial charge in [-0.1, -0.05) is 42.5 Å². The van der Waals surface area contributed by atoms with Crippen LogP contribution in [0.25, 0.3) is 21.9 Å². The lowest BCUT2D eigenvalue weighted by molar-refractivity contribution is -0.275. The van der Waals surface area contributed by atoms with Crippen molar-refractivity contribution in [3.05, 3.63) is 65.5 Å². The van der Waals surface area contributed by atoms with Crippen LogP contribution in [0, 0.1) is 12.7 Å². The minimum absolute atomic E-state index is 0.145. The summed E-state index contributed by atoms with van der Waals surface area (Å²) in [6.45, 7) is 6.91. The molecule has 8 heteroatoms. The van der Waals surface area contributed by atoms with Gasteiger partial charge in [-0.3, -0.25) is 4.79 Å². The van der Waals surface area contributed by atoms with E-state index in [1.54, 1.807) is 58.0 Å². The van der Waals surface area contributed by atoms with Crippen LogP contribution >= 0.6 is 0 Å². The number of hydrogen-bond donors (Lipinski definition) is 2. The Morgan fingerprint density at radius 2 is 1.62 bits per heavy atom. The zero-order valence-electron chi connectivity index (χ0n) is 18.0. The van der Waals surface area contributed by atoms with Crippen molar-refractivity contribution in [2.24, 2.45) is 0 Å². The fraction of sp³-hybridized carbons (Fsp3) is 0.292. The van der Waals surface area contributed by atoms with E-state index in [9.17, 15) is 27.5 Å². The first-order valence-electron chi connectivity index (χ1n) is 9.67. The second-order valence-corrected chi connectivity index (χ2v) is 8.17. The smallest absolute Gasteiger partial charge is 0.481 e. The number of rotatable bonds is 4. The van der Waals surface area contributed by atoms with Gasteiger partial charge in [0.1, 0.15) is 0 Å². The van der Waals surface area contributed by atoms with Crippen molar-refractivity contribution >= 4 is 16.7 Å². The molecule has 3 aromatic rings. The van der Waals surface area contributed by atoms with Crippen LogP contribution < -0.4 is 4.74 Å². The van der Waals surface area contributed by atoms with Gasteiger partial charge < -0.3 is 14.9 Å². The number of benzene rings is 3. The molecule has 2 N–H and O–H groups in total. The molecule has 32 heavy (non-hydrogen) atoms. The van der Waals surface area contributed by atoms with E-state index < -0.39 is 35.9 Å². The Balaban J connectivity index is 0.000000654. The van der Waals surface area contributed by atoms with Crippen molar-refractivity contribution in [2.45, 2.75) is 46.1 Å². The Morgan fingerprint density at radius 1 is 1.03 bits per heavy atom. The molecule has 0 aliphatic heterocycles. The fourth-order valence-electron chi connectivity index (χ4n) is 3.12. The average molecular weight is 452 g/mol. The maximum Gasteiger partial charge on any atom is 0.573 e. The summed E-state index contributed by atoms with van der Waals surface area (Å²) in [4.78, 5) is 11.3. The van der Waals surface area contributed by atoms with Crippen LogP contribution in [0.4, 0.5) is 17.6 Å². The topological polar surface area (TPSA) is 66.8 Å². The van der Waals surface area contributed by atoms with Crippen LogP contribution in [0.1, 0.15) is 31.9 Å². The van der Waals surface area contributed by atoms with Gasteiger partial charge in [0.25, 0.3) is 0 Å². The zero-order chi connectivity index (χ0) is 24.3. The Kier molecular flexibility index (Phi) is 7.51. The number of carboxylic acid groups (broad SMARTS) is 1. The number of fused-ring (bicyclic) bond motifs is 1. The Labute approximate surface area is 183 Å². The molecular weight excluding hydrogens is 428 g/mol. The van der Waals surface area contributed by atoms with E-state index in [1.165, 1.54) is 12.1 Å². The zero-order valence-corrected chi connectivity index (χ0v) is 18.0. The number of ether oxygens (including phenoxy) is 1. The lowest BCUT2D eigenvalue weighted by atomic mass is 9.88. The normalized spacial score (nSPS) is 11.7. The summed E-state index contributed by atoms with van der Waals surface area (Å²) < 4.78 is 56.3. The second kappa shape index (κ2) is 9.56. The number of carbonyl (C=O) groups is 1. The lowest BCUT2D eigenvalue weighted by Crippen LogP contribution is -2.18. The van der Waals surface area contributed by atoms with Gasteiger partial charge in [-0.15, -0.1) is 13.2 Å². The Hall–Kier alpha value is -3.13. The maximum absolute atomic E-state index is 14.9. The molecule has 0 aliphatic carbocycles. The van der Waals surface area contributed by atoms with Gasteiger partial charge >= 0.3 is 12.3 Å². The molecule has 0 heterocycles. The summed E-state index contributed by atoms with van der Waals surface area (Å²) in [5.41, 5.74) is 0.544. The largest absolute Gasteiger partial charge is 0.573 e. The summed E-state index contributed by atoms with van der Waals surface area (Å²) in [7, 11) is 0. The molecule has 0 fully saturated rings. The third-order valence-corrected chi connectivity index (χ3v) is 4.17. The summed E-state index contributed by atoms with van der Waals surface area (Å²) in [5.74, 6) is -3.29. The van der Waals surface area contributed by atoms with Crippen molar-refractivity contribution in [1.82, 2.24) is 0 Å². The van der Waals surface area contributed by atoms with Crippen molar-refractivity contribution in [3.63, 3.8) is 0 Å². The lowest BCUT2D eigenvalue weighted by Gasteiger charge is -2.18. The monoisotopic (exact) mass is 452 g/mol. The molecule has 3 rings (SSSR count). The summed E-state index contributed by atoms with van der Waals surface area (Å²) in [6, 6.07) is 12.1. The van der Waals surface area contributed by atoms with Crippen LogP contribution in [0.3, 0.4) is 0 Å². The predicted octanol–water partition coefficient (Wildman–Crippen LogP) is 6.26. The highest BCUT2D eigenvalue weighted by atomic mass is 19.4. The molecule has 0 saturated heterocycles. The van der Waals surface area contributed by atoms with Crippen LogP contribution in [-0.4, -0.2) is 28.1 Å². The first kappa shape index (κ1) is 25.1. The summed E-state index contributed by atoms with van der Waals surface area (Å²) >= 11 is 0. The molecular formula is C24H24F4O4. The number of aliphatic hydroxyl groups is 1. The van der Waals surface area contributed by atoms with E-state index in [0.29, 0.717) is 16.5 Å². The van der Waals surface area contributed by atoms with Crippen molar-refractivity contribution in [2.75, 3.05) is 0 Å². The predicted molar refractivity (Wildman–Crippen MR) is 114 cm³/mol. The number of carboxylic acids is 1. The third-order valence-electron chi connectivity index (χ3n) is 4.17. The molecule has 172 valence electrons. The molecule has 0 spiro atoms. The highest BCUT2D eigenvalue weighted by Gasteiger charge is 2.33. The van der Waals surface area contributed by atoms with Crippen molar-refractivity contribution in [3.8, 4) is 16.9 Å². The molecule has 0 atom stereocenters. The first-order chi connectivity index (χ1) is 14.7. The molecule has 3 aromatic carbocycles. The highest BCUT2D eigenvalue weighted by molar-refractivity contribution is 6.00. The van der Waals surface area contributed by atoms with E-state index in [4.69, 9.17) is 5.11 Å². The minimum atomic E-state index is -5.04. The Morgan fingerprint density at radius 3 is 2.19 bits per heavy atom. The standard InChI is InChI=1S/C20H14F4O3.C4H10O/c1-11-9-12-5-2-3-6-13(12)18(15(11)10-17(25)26)14-7-4-8-16(19(14)21)27-20(22,23)24;1-4(2,3)5/h2-9H,10H2,1H3,(H,25,26);5H,1-3H3. The van der Waals surface area contributed by atoms with Crippen LogP contribution in [-0.2, 0) is 11.2 Å². The molecule has 0 amide bonds. The summed E-state index contributed by atoms with van der Waals surface area (Å²) in [5, 5.41) is 19.0. The maximum atomic E-state index is 14.9. The first-order valence-corrected chi connectivity index (χ1v) is 9.67. The van der Waals surface area contributed by atoms with E-state index in [0.717, 1.165) is 11.5 Å². The van der Waals surface area contributed by atoms with Gasteiger partial charge in [0.2, 0.25) is 0 Å². The van der Waals surface area contributed by atoms with Crippen molar-refractivity contribution in [1.29, 1.82) is 0 Å². The van der Waals surface area contributed by atoms with Gasteiger partial charge in [0, 0.05) is 5.56 Å². The van der Waals surface area contributed by atoms with Crippen LogP contribution in [0.2, 0.25) is 0 Å². The van der Waals surface area contributed by atoms with Crippen LogP contribution in [0.15, 0.2) is 48.5 Å². The Bertz CT molecular complexity index is 1110. The van der Waals surface area contributed by atoms with E-state index in [1.807, 2.05) is 0 Å². The highest BCUT2D eigenvalue weighted by Crippen LogP contribution is 2.39. The van der Waals surface area contributed by atoms with Gasteiger partial charge in [0.15, 0.2) is 11.6 Å². The van der Waals surface area contributed by atoms with Gasteiger partial charge in [-0.2, -0.15) is 0 Å². The van der Waals surface area contributed by atoms with Gasteiger partial charge in [-0.25, -0.2) is 4.39 Å². The number of aliphatic carboxylic acids is 1. The molecule has 0 unspecified atom stereocenters. The summed E-state index contributed by atoms with van der Waals surface area (Å²) in [6.07, 6.45) is -5.44. The number of aryl methyl sites for hydroxylation is 1. The molecule has 0 aromatic heterocycles. The number of alkyl halides is 3. The number of halogens is 4. The van der Waals surface area contributed by atoms with Crippen molar-refractivity contribution < 1.29 is 37.3 Å². The third kappa shape index (κ3) is 6.95. The SMILES string of the molecule is CC(C)(C)O.Cc1cc2ccccc2c(-c2cccc(OC(F)(F)F)c2F)c1CC(=O)O. The molecule has 0 saturated carbocycles. The molecule has 0 bridgehead atoms. The van der Waals surface area contributed by atoms with Crippen LogP contribution in [0.5, 0.6) is 5.75 Å².